The zero-order valence-electron chi connectivity index (χ0n) is 9.78. The first-order valence-electron chi connectivity index (χ1n) is 5.56. The van der Waals surface area contributed by atoms with Crippen molar-refractivity contribution in [3.8, 4) is 0 Å². The first-order valence-corrected chi connectivity index (χ1v) is 6.61. The average Bonchev–Trinajstić information content (AvgIpc) is 2.16. The van der Waals surface area contributed by atoms with Crippen molar-refractivity contribution in [3.05, 3.63) is 0 Å². The fourth-order valence-electron chi connectivity index (χ4n) is 1.78. The molecule has 16 heavy (non-hydrogen) atoms. The van der Waals surface area contributed by atoms with E-state index in [2.05, 4.69) is 5.32 Å². The fraction of sp³-hybridized carbons (Fsp3) is 0.818. The molecule has 5 heteroatoms. The highest BCUT2D eigenvalue weighted by atomic mass is 32.2. The van der Waals surface area contributed by atoms with Gasteiger partial charge in [0.15, 0.2) is 0 Å². The molecule has 92 valence electrons. The number of aliphatic carboxylic acids is 1. The van der Waals surface area contributed by atoms with Crippen molar-refractivity contribution in [2.75, 3.05) is 5.75 Å². The molecule has 1 aliphatic rings. The van der Waals surface area contributed by atoms with E-state index in [0.29, 0.717) is 0 Å². The second-order valence-corrected chi connectivity index (χ2v) is 6.11. The van der Waals surface area contributed by atoms with Gasteiger partial charge in [-0.15, -0.1) is 11.8 Å². The van der Waals surface area contributed by atoms with Crippen LogP contribution in [-0.4, -0.2) is 33.5 Å². The Morgan fingerprint density at radius 3 is 2.62 bits per heavy atom. The van der Waals surface area contributed by atoms with Crippen molar-refractivity contribution in [2.45, 2.75) is 50.3 Å². The van der Waals surface area contributed by atoms with E-state index in [4.69, 9.17) is 5.11 Å². The van der Waals surface area contributed by atoms with Crippen LogP contribution in [0.5, 0.6) is 0 Å². The fourth-order valence-corrected chi connectivity index (χ4v) is 2.98. The molecule has 0 aromatic carbocycles. The lowest BCUT2D eigenvalue weighted by molar-refractivity contribution is -0.138. The first-order chi connectivity index (χ1) is 7.41. The van der Waals surface area contributed by atoms with Crippen molar-refractivity contribution in [1.82, 2.24) is 5.32 Å². The van der Waals surface area contributed by atoms with Crippen LogP contribution in [-0.2, 0) is 9.59 Å². The summed E-state index contributed by atoms with van der Waals surface area (Å²) >= 11 is 1.67. The molecule has 0 bridgehead atoms. The maximum Gasteiger partial charge on any atom is 0.305 e. The van der Waals surface area contributed by atoms with E-state index >= 15 is 0 Å². The smallest absolute Gasteiger partial charge is 0.305 e. The van der Waals surface area contributed by atoms with Gasteiger partial charge in [0, 0.05) is 5.54 Å². The van der Waals surface area contributed by atoms with Gasteiger partial charge in [0.25, 0.3) is 0 Å². The molecule has 1 heterocycles. The molecule has 1 saturated heterocycles. The Labute approximate surface area is 100 Å². The molecule has 0 saturated carbocycles. The number of hydrogen-bond acceptors (Lipinski definition) is 3. The molecule has 1 atom stereocenters. The Bertz CT molecular complexity index is 272. The van der Waals surface area contributed by atoms with Crippen LogP contribution in [0.3, 0.4) is 0 Å². The number of thioether (sulfide) groups is 1. The molecule has 1 aliphatic heterocycles. The highest BCUT2D eigenvalue weighted by Crippen LogP contribution is 2.25. The molecule has 0 aromatic heterocycles. The van der Waals surface area contributed by atoms with Gasteiger partial charge in [0.2, 0.25) is 5.91 Å². The van der Waals surface area contributed by atoms with Gasteiger partial charge in [0.1, 0.15) is 0 Å². The van der Waals surface area contributed by atoms with E-state index in [-0.39, 0.29) is 17.6 Å². The highest BCUT2D eigenvalue weighted by Gasteiger charge is 2.28. The highest BCUT2D eigenvalue weighted by molar-refractivity contribution is 8.00. The average molecular weight is 245 g/mol. The number of hydrogen-bond donors (Lipinski definition) is 2. The first kappa shape index (κ1) is 13.4. The topological polar surface area (TPSA) is 66.4 Å². The third-order valence-electron chi connectivity index (χ3n) is 2.53. The van der Waals surface area contributed by atoms with E-state index in [0.717, 1.165) is 18.6 Å². The van der Waals surface area contributed by atoms with Crippen LogP contribution < -0.4 is 5.32 Å². The van der Waals surface area contributed by atoms with Crippen LogP contribution in [0.15, 0.2) is 0 Å². The zero-order chi connectivity index (χ0) is 12.2. The van der Waals surface area contributed by atoms with Crippen molar-refractivity contribution < 1.29 is 14.7 Å². The van der Waals surface area contributed by atoms with E-state index in [1.807, 2.05) is 0 Å². The number of carboxylic acid groups (broad SMARTS) is 1. The van der Waals surface area contributed by atoms with Crippen LogP contribution >= 0.6 is 11.8 Å². The predicted octanol–water partition coefficient (Wildman–Crippen LogP) is 1.64. The Balaban J connectivity index is 2.45. The summed E-state index contributed by atoms with van der Waals surface area (Å²) < 4.78 is 0. The Morgan fingerprint density at radius 1 is 1.44 bits per heavy atom. The number of carbonyl (C=O) groups excluding carboxylic acids is 1. The number of carbonyl (C=O) groups is 2. The number of carboxylic acids is 1. The van der Waals surface area contributed by atoms with Gasteiger partial charge in [-0.25, -0.2) is 0 Å². The second-order valence-electron chi connectivity index (χ2n) is 4.80. The minimum absolute atomic E-state index is 0.00169. The van der Waals surface area contributed by atoms with E-state index in [9.17, 15) is 9.59 Å². The monoisotopic (exact) mass is 245 g/mol. The van der Waals surface area contributed by atoms with E-state index in [1.165, 1.54) is 6.42 Å². The van der Waals surface area contributed by atoms with Gasteiger partial charge in [-0.05, 0) is 32.4 Å². The number of nitrogens with one attached hydrogen (secondary N) is 1. The van der Waals surface area contributed by atoms with Crippen LogP contribution in [0, 0.1) is 0 Å². The van der Waals surface area contributed by atoms with Crippen molar-refractivity contribution in [1.29, 1.82) is 0 Å². The van der Waals surface area contributed by atoms with Crippen LogP contribution in [0.2, 0.25) is 0 Å². The van der Waals surface area contributed by atoms with Crippen LogP contribution in [0.1, 0.15) is 39.5 Å². The van der Waals surface area contributed by atoms with Gasteiger partial charge in [-0.2, -0.15) is 0 Å². The maximum atomic E-state index is 11.9. The van der Waals surface area contributed by atoms with Gasteiger partial charge in [-0.1, -0.05) is 6.42 Å². The van der Waals surface area contributed by atoms with E-state index in [1.54, 1.807) is 25.6 Å². The Hall–Kier alpha value is -0.710. The summed E-state index contributed by atoms with van der Waals surface area (Å²) in [5.41, 5.74) is -0.666. The van der Waals surface area contributed by atoms with Gasteiger partial charge in [0.05, 0.1) is 11.7 Å². The minimum atomic E-state index is -0.887. The normalized spacial score (nSPS) is 21.5. The molecule has 1 rings (SSSR count). The summed E-state index contributed by atoms with van der Waals surface area (Å²) in [4.78, 5) is 22.5. The predicted molar refractivity (Wildman–Crippen MR) is 64.6 cm³/mol. The quantitative estimate of drug-likeness (QED) is 0.790. The lowest BCUT2D eigenvalue weighted by Crippen LogP contribution is -2.48. The number of amides is 1. The Morgan fingerprint density at radius 2 is 2.12 bits per heavy atom. The summed E-state index contributed by atoms with van der Waals surface area (Å²) in [6.45, 7) is 3.49. The van der Waals surface area contributed by atoms with Gasteiger partial charge >= 0.3 is 5.97 Å². The van der Waals surface area contributed by atoms with E-state index < -0.39 is 11.5 Å². The number of rotatable bonds is 4. The Kier molecular flexibility index (Phi) is 4.65. The summed E-state index contributed by atoms with van der Waals surface area (Å²) in [5, 5.41) is 11.5. The molecule has 1 fully saturated rings. The van der Waals surface area contributed by atoms with Gasteiger partial charge < -0.3 is 10.4 Å². The van der Waals surface area contributed by atoms with Crippen molar-refractivity contribution in [2.24, 2.45) is 0 Å². The third-order valence-corrected chi connectivity index (χ3v) is 3.90. The molecule has 2 N–H and O–H groups in total. The van der Waals surface area contributed by atoms with Crippen LogP contribution in [0.4, 0.5) is 0 Å². The maximum absolute atomic E-state index is 11.9. The summed E-state index contributed by atoms with van der Waals surface area (Å²) in [6, 6.07) is 0. The zero-order valence-corrected chi connectivity index (χ0v) is 10.6. The van der Waals surface area contributed by atoms with Crippen molar-refractivity contribution >= 4 is 23.6 Å². The molecule has 0 radical (unpaired) electrons. The molecule has 0 spiro atoms. The molecule has 0 aliphatic carbocycles. The molecular weight excluding hydrogens is 226 g/mol. The second kappa shape index (κ2) is 5.57. The molecule has 4 nitrogen and oxygen atoms in total. The standard InChI is InChI=1S/C11H19NO3S/c1-11(2,7-9(13)14)12-10(15)8-5-3-4-6-16-8/h8H,3-7H2,1-2H3,(H,12,15)(H,13,14). The van der Waals surface area contributed by atoms with Crippen LogP contribution in [0.25, 0.3) is 0 Å². The molecule has 1 unspecified atom stereocenters. The third kappa shape index (κ3) is 4.43. The largest absolute Gasteiger partial charge is 0.481 e. The summed E-state index contributed by atoms with van der Waals surface area (Å²) in [7, 11) is 0. The SMILES string of the molecule is CC(C)(CC(=O)O)NC(=O)C1CCCCS1. The van der Waals surface area contributed by atoms with Gasteiger partial charge in [-0.3, -0.25) is 9.59 Å². The molecule has 1 amide bonds. The molecule has 0 aromatic rings. The molecular formula is C11H19NO3S. The lowest BCUT2D eigenvalue weighted by atomic mass is 10.0. The lowest BCUT2D eigenvalue weighted by Gasteiger charge is -2.28. The summed E-state index contributed by atoms with van der Waals surface area (Å²) in [5.74, 6) is 0.120. The summed E-state index contributed by atoms with van der Waals surface area (Å²) in [6.07, 6.45) is 3.12. The minimum Gasteiger partial charge on any atom is -0.481 e. The van der Waals surface area contributed by atoms with Crippen molar-refractivity contribution in [3.63, 3.8) is 0 Å².